The highest BCUT2D eigenvalue weighted by Crippen LogP contribution is 2.32. The minimum Gasteiger partial charge on any atom is -0.490 e. The van der Waals surface area contributed by atoms with Gasteiger partial charge in [-0.1, -0.05) is 0 Å². The highest BCUT2D eigenvalue weighted by atomic mass is 79.9. The summed E-state index contributed by atoms with van der Waals surface area (Å²) in [6, 6.07) is 5.58. The van der Waals surface area contributed by atoms with Crippen LogP contribution in [-0.2, 0) is 4.74 Å². The minimum atomic E-state index is -0.0967. The van der Waals surface area contributed by atoms with Gasteiger partial charge in [0.1, 0.15) is 17.9 Å². The molecule has 7 heteroatoms. The van der Waals surface area contributed by atoms with E-state index in [9.17, 15) is 4.79 Å². The number of likely N-dealkylation sites (tertiary alicyclic amines) is 1. The van der Waals surface area contributed by atoms with Crippen molar-refractivity contribution in [1.82, 2.24) is 10.2 Å². The van der Waals surface area contributed by atoms with E-state index in [0.717, 1.165) is 31.3 Å². The molecule has 2 heterocycles. The quantitative estimate of drug-likeness (QED) is 0.741. The maximum Gasteiger partial charge on any atom is 0.251 e. The zero-order valence-electron chi connectivity index (χ0n) is 14.5. The number of amides is 1. The van der Waals surface area contributed by atoms with Crippen LogP contribution in [0.15, 0.2) is 27.3 Å². The van der Waals surface area contributed by atoms with Crippen LogP contribution < -0.4 is 10.1 Å². The summed E-state index contributed by atoms with van der Waals surface area (Å²) in [5.41, 5.74) is 1.16. The lowest BCUT2D eigenvalue weighted by molar-refractivity contribution is 0.0916. The van der Waals surface area contributed by atoms with E-state index in [0.29, 0.717) is 34.8 Å². The first-order valence-electron chi connectivity index (χ1n) is 8.41. The number of furan rings is 1. The van der Waals surface area contributed by atoms with Gasteiger partial charge in [-0.3, -0.25) is 4.79 Å². The average Bonchev–Trinajstić information content (AvgIpc) is 2.97. The second-order valence-electron chi connectivity index (χ2n) is 6.33. The number of halogens is 1. The lowest BCUT2D eigenvalue weighted by Crippen LogP contribution is -2.43. The number of methoxy groups -OCH3 is 1. The van der Waals surface area contributed by atoms with Crippen LogP contribution in [-0.4, -0.2) is 57.3 Å². The summed E-state index contributed by atoms with van der Waals surface area (Å²) in [6.45, 7) is 2.89. The number of hydrogen-bond acceptors (Lipinski definition) is 5. The summed E-state index contributed by atoms with van der Waals surface area (Å²) >= 11 is 3.34. The van der Waals surface area contributed by atoms with Crippen LogP contribution in [0.4, 0.5) is 0 Å². The van der Waals surface area contributed by atoms with Gasteiger partial charge >= 0.3 is 0 Å². The molecule has 0 saturated carbocycles. The first-order chi connectivity index (χ1) is 12.1. The van der Waals surface area contributed by atoms with Crippen molar-refractivity contribution in [3.63, 3.8) is 0 Å². The zero-order valence-corrected chi connectivity index (χ0v) is 16.1. The summed E-state index contributed by atoms with van der Waals surface area (Å²) in [5, 5.41) is 3.95. The molecule has 0 spiro atoms. The molecule has 1 aromatic heterocycles. The lowest BCUT2D eigenvalue weighted by atomic mass is 10.0. The molecule has 0 unspecified atom stereocenters. The van der Waals surface area contributed by atoms with Crippen molar-refractivity contribution in [1.29, 1.82) is 0 Å². The number of hydrogen-bond donors (Lipinski definition) is 1. The highest BCUT2D eigenvalue weighted by molar-refractivity contribution is 9.10. The second-order valence-corrected chi connectivity index (χ2v) is 7.11. The van der Waals surface area contributed by atoms with Crippen LogP contribution in [0.1, 0.15) is 23.2 Å². The third-order valence-corrected chi connectivity index (χ3v) is 4.82. The molecule has 2 aromatic rings. The first-order valence-corrected chi connectivity index (χ1v) is 9.20. The number of piperidine rings is 1. The van der Waals surface area contributed by atoms with Crippen LogP contribution in [0.3, 0.4) is 0 Å². The number of carbonyl (C=O) groups excluding carboxylic acids is 1. The summed E-state index contributed by atoms with van der Waals surface area (Å²) in [5.74, 6) is 0.526. The molecule has 0 radical (unpaired) electrons. The van der Waals surface area contributed by atoms with Crippen LogP contribution >= 0.6 is 15.9 Å². The van der Waals surface area contributed by atoms with Gasteiger partial charge in [0.15, 0.2) is 4.67 Å². The van der Waals surface area contributed by atoms with Crippen LogP contribution in [0.2, 0.25) is 0 Å². The lowest BCUT2D eigenvalue weighted by Gasteiger charge is -2.29. The SMILES string of the molecule is COCCOc1cc(C(=O)NC2CCN(C)CC2)cc2oc(Br)cc12. The number of ether oxygens (including phenoxy) is 2. The van der Waals surface area contributed by atoms with Gasteiger partial charge in [0.2, 0.25) is 0 Å². The van der Waals surface area contributed by atoms with Crippen LogP contribution in [0, 0.1) is 0 Å². The van der Waals surface area contributed by atoms with E-state index in [4.69, 9.17) is 13.9 Å². The standard InChI is InChI=1S/C18H23BrN2O4/c1-21-5-3-13(4-6-21)20-18(22)12-9-15(24-8-7-23-2)14-11-17(19)25-16(14)10-12/h9-11,13H,3-8H2,1-2H3,(H,20,22). The van der Waals surface area contributed by atoms with E-state index in [-0.39, 0.29) is 11.9 Å². The Balaban J connectivity index is 1.78. The normalized spacial score (nSPS) is 16.3. The number of benzene rings is 1. The summed E-state index contributed by atoms with van der Waals surface area (Å²) in [7, 11) is 3.73. The van der Waals surface area contributed by atoms with Crippen molar-refractivity contribution in [2.45, 2.75) is 18.9 Å². The molecule has 25 heavy (non-hydrogen) atoms. The molecular formula is C18H23BrN2O4. The molecule has 0 atom stereocenters. The Morgan fingerprint density at radius 3 is 2.80 bits per heavy atom. The molecule has 1 amide bonds. The largest absolute Gasteiger partial charge is 0.490 e. The Bertz CT molecular complexity index is 738. The molecule has 0 aliphatic carbocycles. The summed E-state index contributed by atoms with van der Waals surface area (Å²) < 4.78 is 17.0. The molecule has 1 fully saturated rings. The Hall–Kier alpha value is -1.57. The fourth-order valence-electron chi connectivity index (χ4n) is 2.98. The van der Waals surface area contributed by atoms with Crippen molar-refractivity contribution in [2.24, 2.45) is 0 Å². The average molecular weight is 411 g/mol. The van der Waals surface area contributed by atoms with Gasteiger partial charge in [-0.25, -0.2) is 0 Å². The molecular weight excluding hydrogens is 388 g/mol. The monoisotopic (exact) mass is 410 g/mol. The topological polar surface area (TPSA) is 63.9 Å². The van der Waals surface area contributed by atoms with E-state index in [1.807, 2.05) is 6.07 Å². The fraction of sp³-hybridized carbons (Fsp3) is 0.500. The van der Waals surface area contributed by atoms with E-state index in [2.05, 4.69) is 33.2 Å². The van der Waals surface area contributed by atoms with E-state index < -0.39 is 0 Å². The predicted molar refractivity (Wildman–Crippen MR) is 99.3 cm³/mol. The van der Waals surface area contributed by atoms with Crippen LogP contribution in [0.25, 0.3) is 11.0 Å². The molecule has 1 aromatic carbocycles. The maximum absolute atomic E-state index is 12.7. The third kappa shape index (κ3) is 4.54. The van der Waals surface area contributed by atoms with E-state index in [1.165, 1.54) is 0 Å². The van der Waals surface area contributed by atoms with Crippen molar-refractivity contribution in [3.05, 3.63) is 28.4 Å². The fourth-order valence-corrected chi connectivity index (χ4v) is 3.39. The molecule has 0 bridgehead atoms. The number of rotatable bonds is 6. The maximum atomic E-state index is 12.7. The smallest absolute Gasteiger partial charge is 0.251 e. The van der Waals surface area contributed by atoms with Crippen molar-refractivity contribution >= 4 is 32.8 Å². The van der Waals surface area contributed by atoms with Crippen LogP contribution in [0.5, 0.6) is 5.75 Å². The number of carbonyl (C=O) groups is 1. The van der Waals surface area contributed by atoms with Crippen molar-refractivity contribution in [3.8, 4) is 5.75 Å². The van der Waals surface area contributed by atoms with Gasteiger partial charge in [0, 0.05) is 24.8 Å². The molecule has 1 aliphatic rings. The molecule has 6 nitrogen and oxygen atoms in total. The molecule has 3 rings (SSSR count). The Morgan fingerprint density at radius 1 is 1.32 bits per heavy atom. The van der Waals surface area contributed by atoms with Crippen molar-refractivity contribution < 1.29 is 18.7 Å². The number of nitrogens with one attached hydrogen (secondary N) is 1. The number of fused-ring (bicyclic) bond motifs is 1. The highest BCUT2D eigenvalue weighted by Gasteiger charge is 2.21. The Kier molecular flexibility index (Phi) is 5.98. The first kappa shape index (κ1) is 18.2. The Morgan fingerprint density at radius 2 is 2.08 bits per heavy atom. The summed E-state index contributed by atoms with van der Waals surface area (Å²) in [6.07, 6.45) is 1.93. The van der Waals surface area contributed by atoms with Gasteiger partial charge in [-0.05, 0) is 61.0 Å². The summed E-state index contributed by atoms with van der Waals surface area (Å²) in [4.78, 5) is 14.9. The zero-order chi connectivity index (χ0) is 17.8. The molecule has 1 aliphatic heterocycles. The predicted octanol–water partition coefficient (Wildman–Crippen LogP) is 3.04. The van der Waals surface area contributed by atoms with E-state index >= 15 is 0 Å². The molecule has 136 valence electrons. The van der Waals surface area contributed by atoms with Gasteiger partial charge in [-0.2, -0.15) is 0 Å². The van der Waals surface area contributed by atoms with Gasteiger partial charge in [-0.15, -0.1) is 0 Å². The second kappa shape index (κ2) is 8.21. The third-order valence-electron chi connectivity index (χ3n) is 4.43. The Labute approximate surface area is 155 Å². The van der Waals surface area contributed by atoms with Gasteiger partial charge < -0.3 is 24.1 Å². The van der Waals surface area contributed by atoms with Gasteiger partial charge in [0.05, 0.1) is 12.0 Å². The number of nitrogens with zero attached hydrogens (tertiary/aromatic N) is 1. The van der Waals surface area contributed by atoms with Gasteiger partial charge in [0.25, 0.3) is 5.91 Å². The van der Waals surface area contributed by atoms with Crippen molar-refractivity contribution in [2.75, 3.05) is 40.5 Å². The molecule has 1 N–H and O–H groups in total. The minimum absolute atomic E-state index is 0.0967. The molecule has 1 saturated heterocycles. The van der Waals surface area contributed by atoms with E-state index in [1.54, 1.807) is 19.2 Å².